The number of hydrogen-bond acceptors (Lipinski definition) is 7. The van der Waals surface area contributed by atoms with Crippen LogP contribution in [0.5, 0.6) is 11.5 Å². The van der Waals surface area contributed by atoms with Crippen molar-refractivity contribution in [3.8, 4) is 11.5 Å². The summed E-state index contributed by atoms with van der Waals surface area (Å²) in [6.07, 6.45) is 0.00356. The molecule has 0 bridgehead atoms. The van der Waals surface area contributed by atoms with Gasteiger partial charge in [0.25, 0.3) is 5.91 Å². The molecule has 1 aliphatic rings. The summed E-state index contributed by atoms with van der Waals surface area (Å²) < 4.78 is 42.6. The molecule has 1 heterocycles. The topological polar surface area (TPSA) is 102 Å². The van der Waals surface area contributed by atoms with E-state index in [4.69, 9.17) is 14.2 Å². The first-order valence-electron chi connectivity index (χ1n) is 10.7. The fourth-order valence-electron chi connectivity index (χ4n) is 3.28. The molecular weight excluding hydrogens is 448 g/mol. The van der Waals surface area contributed by atoms with E-state index in [1.165, 1.54) is 9.21 Å². The quantitative estimate of drug-likeness (QED) is 0.483. The molecule has 0 aromatic heterocycles. The van der Waals surface area contributed by atoms with E-state index in [1.807, 2.05) is 6.92 Å². The van der Waals surface area contributed by atoms with Crippen molar-refractivity contribution in [1.29, 1.82) is 0 Å². The molecule has 1 fully saturated rings. The van der Waals surface area contributed by atoms with Crippen LogP contribution >= 0.6 is 0 Å². The molecular formula is C23H28N2O7S. The second-order valence-electron chi connectivity index (χ2n) is 7.26. The normalized spacial score (nSPS) is 14.5. The largest absolute Gasteiger partial charge is 0.494 e. The number of piperazine rings is 1. The summed E-state index contributed by atoms with van der Waals surface area (Å²) in [6.45, 7) is 3.07. The summed E-state index contributed by atoms with van der Waals surface area (Å²) in [5.74, 6) is 0.444. The van der Waals surface area contributed by atoms with Gasteiger partial charge in [0.2, 0.25) is 10.0 Å². The van der Waals surface area contributed by atoms with Gasteiger partial charge in [-0.1, -0.05) is 18.2 Å². The van der Waals surface area contributed by atoms with Crippen LogP contribution in [0.25, 0.3) is 0 Å². The Morgan fingerprint density at radius 2 is 1.48 bits per heavy atom. The highest BCUT2D eigenvalue weighted by molar-refractivity contribution is 7.89. The van der Waals surface area contributed by atoms with Crippen molar-refractivity contribution >= 4 is 21.9 Å². The zero-order valence-electron chi connectivity index (χ0n) is 18.5. The van der Waals surface area contributed by atoms with Gasteiger partial charge in [0.05, 0.1) is 24.5 Å². The van der Waals surface area contributed by atoms with Gasteiger partial charge in [0.1, 0.15) is 11.5 Å². The lowest BCUT2D eigenvalue weighted by molar-refractivity contribution is -0.152. The molecule has 0 atom stereocenters. The van der Waals surface area contributed by atoms with E-state index in [1.54, 1.807) is 54.6 Å². The Morgan fingerprint density at radius 3 is 2.09 bits per heavy atom. The molecule has 178 valence electrons. The van der Waals surface area contributed by atoms with E-state index in [0.717, 1.165) is 5.75 Å². The molecule has 0 aliphatic carbocycles. The van der Waals surface area contributed by atoms with E-state index in [9.17, 15) is 18.0 Å². The Labute approximate surface area is 193 Å². The van der Waals surface area contributed by atoms with E-state index in [2.05, 4.69) is 0 Å². The molecule has 10 heteroatoms. The van der Waals surface area contributed by atoms with Crippen molar-refractivity contribution in [2.45, 2.75) is 18.2 Å². The molecule has 0 unspecified atom stereocenters. The average Bonchev–Trinajstić information content (AvgIpc) is 2.84. The number of carbonyl (C=O) groups excluding carboxylic acids is 2. The average molecular weight is 477 g/mol. The van der Waals surface area contributed by atoms with Gasteiger partial charge in [0.15, 0.2) is 6.61 Å². The third-order valence-corrected chi connectivity index (χ3v) is 6.95. The number of carbonyl (C=O) groups is 2. The van der Waals surface area contributed by atoms with Crippen LogP contribution in [0.4, 0.5) is 0 Å². The predicted molar refractivity (Wildman–Crippen MR) is 120 cm³/mol. The fourth-order valence-corrected chi connectivity index (χ4v) is 4.72. The first-order chi connectivity index (χ1) is 15.9. The Balaban J connectivity index is 1.36. The van der Waals surface area contributed by atoms with Crippen molar-refractivity contribution in [3.63, 3.8) is 0 Å². The first kappa shape index (κ1) is 24.5. The fraction of sp³-hybridized carbons (Fsp3) is 0.391. The van der Waals surface area contributed by atoms with Gasteiger partial charge < -0.3 is 19.1 Å². The smallest absolute Gasteiger partial charge is 0.309 e. The maximum absolute atomic E-state index is 12.7. The molecule has 0 radical (unpaired) electrons. The van der Waals surface area contributed by atoms with Crippen LogP contribution in [-0.4, -0.2) is 75.5 Å². The minimum Gasteiger partial charge on any atom is -0.494 e. The number of esters is 1. The van der Waals surface area contributed by atoms with Crippen molar-refractivity contribution in [1.82, 2.24) is 9.21 Å². The molecule has 0 spiro atoms. The number of sulfonamides is 1. The summed E-state index contributed by atoms with van der Waals surface area (Å²) in [6, 6.07) is 15.2. The zero-order valence-corrected chi connectivity index (χ0v) is 19.3. The summed E-state index contributed by atoms with van der Waals surface area (Å²) in [4.78, 5) is 26.0. The number of nitrogens with zero attached hydrogens (tertiary/aromatic N) is 2. The zero-order chi connectivity index (χ0) is 23.7. The van der Waals surface area contributed by atoms with Gasteiger partial charge in [0, 0.05) is 26.2 Å². The van der Waals surface area contributed by atoms with Crippen LogP contribution in [0.15, 0.2) is 59.5 Å². The van der Waals surface area contributed by atoms with Crippen LogP contribution in [0.3, 0.4) is 0 Å². The second kappa shape index (κ2) is 11.7. The summed E-state index contributed by atoms with van der Waals surface area (Å²) in [7, 11) is -3.59. The van der Waals surface area contributed by atoms with Gasteiger partial charge in [-0.05, 0) is 43.3 Å². The van der Waals surface area contributed by atoms with E-state index < -0.39 is 16.0 Å². The highest BCUT2D eigenvalue weighted by Gasteiger charge is 2.30. The second-order valence-corrected chi connectivity index (χ2v) is 9.20. The molecule has 0 N–H and O–H groups in total. The maximum atomic E-state index is 12.7. The van der Waals surface area contributed by atoms with Crippen molar-refractivity contribution < 1.29 is 32.2 Å². The highest BCUT2D eigenvalue weighted by atomic mass is 32.2. The third kappa shape index (κ3) is 6.93. The Bertz CT molecular complexity index is 1020. The Kier molecular flexibility index (Phi) is 8.67. The van der Waals surface area contributed by atoms with Crippen molar-refractivity contribution in [2.24, 2.45) is 0 Å². The summed E-state index contributed by atoms with van der Waals surface area (Å²) >= 11 is 0. The highest BCUT2D eigenvalue weighted by Crippen LogP contribution is 2.18. The molecule has 0 saturated carbocycles. The van der Waals surface area contributed by atoms with Gasteiger partial charge >= 0.3 is 5.97 Å². The number of hydrogen-bond donors (Lipinski definition) is 0. The van der Waals surface area contributed by atoms with Crippen molar-refractivity contribution in [3.05, 3.63) is 54.6 Å². The number of amides is 1. The molecule has 1 amide bonds. The number of benzene rings is 2. The summed E-state index contributed by atoms with van der Waals surface area (Å²) in [5, 5.41) is 0. The monoisotopic (exact) mass is 476 g/mol. The SMILES string of the molecule is CCOc1ccc(OCCC(=O)OCC(=O)N2CCN(S(=O)(=O)c3ccccc3)CC2)cc1. The molecule has 3 rings (SSSR count). The standard InChI is InChI=1S/C23H28N2O7S/c1-2-30-19-8-10-20(11-9-19)31-17-12-23(27)32-18-22(26)24-13-15-25(16-14-24)33(28,29)21-6-4-3-5-7-21/h3-11H,2,12-18H2,1H3. The van der Waals surface area contributed by atoms with E-state index in [-0.39, 0.29) is 56.6 Å². The van der Waals surface area contributed by atoms with E-state index in [0.29, 0.717) is 12.4 Å². The van der Waals surface area contributed by atoms with Crippen LogP contribution < -0.4 is 9.47 Å². The van der Waals surface area contributed by atoms with Gasteiger partial charge in [-0.2, -0.15) is 4.31 Å². The minimum absolute atomic E-state index is 0.00356. The van der Waals surface area contributed by atoms with Crippen LogP contribution in [0, 0.1) is 0 Å². The molecule has 1 saturated heterocycles. The van der Waals surface area contributed by atoms with Gasteiger partial charge in [-0.3, -0.25) is 9.59 Å². The lowest BCUT2D eigenvalue weighted by atomic mass is 10.3. The molecule has 2 aromatic rings. The molecule has 1 aliphatic heterocycles. The van der Waals surface area contributed by atoms with Crippen LogP contribution in [0.2, 0.25) is 0 Å². The number of ether oxygens (including phenoxy) is 3. The lowest BCUT2D eigenvalue weighted by Crippen LogP contribution is -2.51. The Hall–Kier alpha value is -3.11. The first-order valence-corrected chi connectivity index (χ1v) is 12.2. The maximum Gasteiger partial charge on any atom is 0.309 e. The predicted octanol–water partition coefficient (Wildman–Crippen LogP) is 1.93. The van der Waals surface area contributed by atoms with Gasteiger partial charge in [-0.25, -0.2) is 8.42 Å². The van der Waals surface area contributed by atoms with Crippen molar-refractivity contribution in [2.75, 3.05) is 46.0 Å². The summed E-state index contributed by atoms with van der Waals surface area (Å²) in [5.41, 5.74) is 0. The lowest BCUT2D eigenvalue weighted by Gasteiger charge is -2.33. The van der Waals surface area contributed by atoms with Gasteiger partial charge in [-0.15, -0.1) is 0 Å². The minimum atomic E-state index is -3.59. The molecule has 2 aromatic carbocycles. The van der Waals surface area contributed by atoms with Crippen LogP contribution in [0.1, 0.15) is 13.3 Å². The molecule has 33 heavy (non-hydrogen) atoms. The Morgan fingerprint density at radius 1 is 0.879 bits per heavy atom. The van der Waals surface area contributed by atoms with Crippen LogP contribution in [-0.2, 0) is 24.3 Å². The molecule has 9 nitrogen and oxygen atoms in total. The third-order valence-electron chi connectivity index (χ3n) is 5.04. The van der Waals surface area contributed by atoms with E-state index >= 15 is 0 Å². The number of rotatable bonds is 10.